The van der Waals surface area contributed by atoms with Gasteiger partial charge in [0.2, 0.25) is 0 Å². The van der Waals surface area contributed by atoms with E-state index in [2.05, 4.69) is 20.3 Å². The van der Waals surface area contributed by atoms with E-state index in [0.717, 1.165) is 16.9 Å². The fourth-order valence-electron chi connectivity index (χ4n) is 2.66. The Hall–Kier alpha value is -4.00. The largest absolute Gasteiger partial charge is 0.484 e. The maximum Gasteiger partial charge on any atom is 0.262 e. The Morgan fingerprint density at radius 3 is 2.46 bits per heavy atom. The summed E-state index contributed by atoms with van der Waals surface area (Å²) in [5.74, 6) is 0.395. The lowest BCUT2D eigenvalue weighted by Gasteiger charge is -2.09. The molecule has 7 nitrogen and oxygen atoms in total. The summed E-state index contributed by atoms with van der Waals surface area (Å²) in [7, 11) is 0. The molecule has 2 aromatic carbocycles. The van der Waals surface area contributed by atoms with Gasteiger partial charge < -0.3 is 14.6 Å². The van der Waals surface area contributed by atoms with E-state index in [1.807, 2.05) is 65.4 Å². The van der Waals surface area contributed by atoms with Crippen LogP contribution in [0.3, 0.4) is 0 Å². The maximum atomic E-state index is 12.1. The molecule has 0 atom stereocenters. The van der Waals surface area contributed by atoms with Gasteiger partial charge in [0.05, 0.1) is 12.0 Å². The fraction of sp³-hybridized carbons (Fsp3) is 0.0476. The third kappa shape index (κ3) is 4.21. The second kappa shape index (κ2) is 8.13. The quantitative estimate of drug-likeness (QED) is 0.562. The monoisotopic (exact) mass is 371 g/mol. The first-order valence-electron chi connectivity index (χ1n) is 8.65. The van der Waals surface area contributed by atoms with Gasteiger partial charge in [0.15, 0.2) is 6.61 Å². The molecule has 0 aliphatic heterocycles. The third-order valence-electron chi connectivity index (χ3n) is 4.06. The van der Waals surface area contributed by atoms with Crippen LogP contribution >= 0.6 is 0 Å². The average Bonchev–Trinajstić information content (AvgIpc) is 3.29. The second-order valence-corrected chi connectivity index (χ2v) is 5.97. The van der Waals surface area contributed by atoms with Crippen LogP contribution in [0.15, 0.2) is 85.8 Å². The molecule has 1 N–H and O–H groups in total. The standard InChI is InChI=1S/C21H17N5O2/c27-21(13-28-19-7-5-18(6-8-19)26-12-11-23-15-26)25-17-3-1-16(2-4-17)20-9-10-22-14-24-20/h1-12,14-15H,13H2,(H,25,27). The van der Waals surface area contributed by atoms with Gasteiger partial charge in [-0.25, -0.2) is 15.0 Å². The molecule has 7 heteroatoms. The molecule has 1 amide bonds. The molecule has 4 aromatic rings. The minimum Gasteiger partial charge on any atom is -0.484 e. The molecule has 0 saturated heterocycles. The van der Waals surface area contributed by atoms with Crippen molar-refractivity contribution in [2.45, 2.75) is 0 Å². The Balaban J connectivity index is 1.31. The zero-order valence-corrected chi connectivity index (χ0v) is 14.9. The van der Waals surface area contributed by atoms with E-state index in [0.29, 0.717) is 11.4 Å². The summed E-state index contributed by atoms with van der Waals surface area (Å²) in [5.41, 5.74) is 3.45. The number of aromatic nitrogens is 4. The first-order valence-corrected chi connectivity index (χ1v) is 8.65. The molecule has 0 unspecified atom stereocenters. The van der Waals surface area contributed by atoms with Crippen LogP contribution in [-0.4, -0.2) is 32.0 Å². The van der Waals surface area contributed by atoms with Crippen LogP contribution in [-0.2, 0) is 4.79 Å². The second-order valence-electron chi connectivity index (χ2n) is 5.97. The third-order valence-corrected chi connectivity index (χ3v) is 4.06. The van der Waals surface area contributed by atoms with Crippen LogP contribution < -0.4 is 10.1 Å². The molecular weight excluding hydrogens is 354 g/mol. The van der Waals surface area contributed by atoms with Crippen LogP contribution in [0, 0.1) is 0 Å². The number of rotatable bonds is 6. The summed E-state index contributed by atoms with van der Waals surface area (Å²) < 4.78 is 7.44. The lowest BCUT2D eigenvalue weighted by Crippen LogP contribution is -2.20. The highest BCUT2D eigenvalue weighted by atomic mass is 16.5. The predicted molar refractivity (Wildman–Crippen MR) is 105 cm³/mol. The number of ether oxygens (including phenoxy) is 1. The highest BCUT2D eigenvalue weighted by molar-refractivity contribution is 5.92. The van der Waals surface area contributed by atoms with E-state index in [9.17, 15) is 4.79 Å². The number of amides is 1. The molecule has 2 aromatic heterocycles. The molecule has 138 valence electrons. The van der Waals surface area contributed by atoms with Crippen molar-refractivity contribution in [2.75, 3.05) is 11.9 Å². The highest BCUT2D eigenvalue weighted by Gasteiger charge is 2.05. The molecule has 0 aliphatic rings. The lowest BCUT2D eigenvalue weighted by molar-refractivity contribution is -0.118. The number of hydrogen-bond donors (Lipinski definition) is 1. The molecule has 0 spiro atoms. The molecular formula is C21H17N5O2. The summed E-state index contributed by atoms with van der Waals surface area (Å²) in [6.07, 6.45) is 8.50. The lowest BCUT2D eigenvalue weighted by atomic mass is 10.1. The Kier molecular flexibility index (Phi) is 5.06. The zero-order valence-electron chi connectivity index (χ0n) is 14.9. The molecule has 0 aliphatic carbocycles. The molecule has 0 fully saturated rings. The number of imidazole rings is 1. The molecule has 28 heavy (non-hydrogen) atoms. The van der Waals surface area contributed by atoms with E-state index >= 15 is 0 Å². The van der Waals surface area contributed by atoms with Crippen molar-refractivity contribution in [3.63, 3.8) is 0 Å². The van der Waals surface area contributed by atoms with E-state index in [1.165, 1.54) is 6.33 Å². The number of carbonyl (C=O) groups excluding carboxylic acids is 1. The van der Waals surface area contributed by atoms with E-state index in [-0.39, 0.29) is 12.5 Å². The van der Waals surface area contributed by atoms with E-state index in [1.54, 1.807) is 18.7 Å². The van der Waals surface area contributed by atoms with Crippen LogP contribution in [0.2, 0.25) is 0 Å². The Morgan fingerprint density at radius 2 is 1.79 bits per heavy atom. The Bertz CT molecular complexity index is 1030. The topological polar surface area (TPSA) is 81.9 Å². The number of nitrogens with one attached hydrogen (secondary N) is 1. The summed E-state index contributed by atoms with van der Waals surface area (Å²) >= 11 is 0. The molecule has 4 rings (SSSR count). The van der Waals surface area contributed by atoms with Gasteiger partial charge in [-0.15, -0.1) is 0 Å². The van der Waals surface area contributed by atoms with Crippen molar-refractivity contribution in [2.24, 2.45) is 0 Å². The summed E-state index contributed by atoms with van der Waals surface area (Å²) in [6.45, 7) is -0.0713. The molecule has 0 radical (unpaired) electrons. The van der Waals surface area contributed by atoms with Gasteiger partial charge in [-0.05, 0) is 42.5 Å². The number of hydrogen-bond acceptors (Lipinski definition) is 5. The number of benzene rings is 2. The van der Waals surface area contributed by atoms with Crippen molar-refractivity contribution in [3.05, 3.63) is 85.8 Å². The first kappa shape index (κ1) is 17.4. The van der Waals surface area contributed by atoms with Gasteiger partial charge in [-0.1, -0.05) is 12.1 Å². The summed E-state index contributed by atoms with van der Waals surface area (Å²) in [5, 5.41) is 2.82. The summed E-state index contributed by atoms with van der Waals surface area (Å²) in [6, 6.07) is 16.7. The van der Waals surface area contributed by atoms with Gasteiger partial charge in [0, 0.05) is 35.5 Å². The van der Waals surface area contributed by atoms with Gasteiger partial charge in [-0.2, -0.15) is 0 Å². The van der Waals surface area contributed by atoms with Crippen molar-refractivity contribution in [1.82, 2.24) is 19.5 Å². The first-order chi connectivity index (χ1) is 13.8. The smallest absolute Gasteiger partial charge is 0.262 e. The zero-order chi connectivity index (χ0) is 19.2. The van der Waals surface area contributed by atoms with Gasteiger partial charge in [0.1, 0.15) is 12.1 Å². The van der Waals surface area contributed by atoms with Crippen molar-refractivity contribution in [3.8, 4) is 22.7 Å². The Labute approximate surface area is 161 Å². The van der Waals surface area contributed by atoms with Crippen molar-refractivity contribution < 1.29 is 9.53 Å². The molecule has 0 saturated carbocycles. The molecule has 0 bridgehead atoms. The maximum absolute atomic E-state index is 12.1. The normalized spacial score (nSPS) is 10.4. The van der Waals surface area contributed by atoms with Gasteiger partial charge >= 0.3 is 0 Å². The number of anilines is 1. The van der Waals surface area contributed by atoms with E-state index in [4.69, 9.17) is 4.74 Å². The molecule has 2 heterocycles. The highest BCUT2D eigenvalue weighted by Crippen LogP contribution is 2.19. The fourth-order valence-corrected chi connectivity index (χ4v) is 2.66. The van der Waals surface area contributed by atoms with Crippen molar-refractivity contribution >= 4 is 11.6 Å². The van der Waals surface area contributed by atoms with Gasteiger partial charge in [0.25, 0.3) is 5.91 Å². The number of nitrogens with zero attached hydrogens (tertiary/aromatic N) is 4. The minimum absolute atomic E-state index is 0.0713. The van der Waals surface area contributed by atoms with Gasteiger partial charge in [-0.3, -0.25) is 4.79 Å². The van der Waals surface area contributed by atoms with Crippen LogP contribution in [0.1, 0.15) is 0 Å². The van der Waals surface area contributed by atoms with Crippen LogP contribution in [0.5, 0.6) is 5.75 Å². The minimum atomic E-state index is -0.228. The average molecular weight is 371 g/mol. The van der Waals surface area contributed by atoms with Crippen molar-refractivity contribution in [1.29, 1.82) is 0 Å². The predicted octanol–water partition coefficient (Wildman–Crippen LogP) is 3.35. The van der Waals surface area contributed by atoms with Crippen LogP contribution in [0.4, 0.5) is 5.69 Å². The summed E-state index contributed by atoms with van der Waals surface area (Å²) in [4.78, 5) is 24.2. The van der Waals surface area contributed by atoms with E-state index < -0.39 is 0 Å². The number of carbonyl (C=O) groups is 1. The van der Waals surface area contributed by atoms with Crippen LogP contribution in [0.25, 0.3) is 16.9 Å². The SMILES string of the molecule is O=C(COc1ccc(-n2ccnc2)cc1)Nc1ccc(-c2ccncn2)cc1. The Morgan fingerprint density at radius 1 is 0.964 bits per heavy atom.